The molecule has 1 aromatic rings. The lowest BCUT2D eigenvalue weighted by molar-refractivity contribution is -1.01. The van der Waals surface area contributed by atoms with Crippen LogP contribution in [0.5, 0.6) is 0 Å². The molecule has 8 heteroatoms. The molecule has 31 heavy (non-hydrogen) atoms. The summed E-state index contributed by atoms with van der Waals surface area (Å²) in [4.78, 5) is 28.3. The maximum absolute atomic E-state index is 13.0. The maximum Gasteiger partial charge on any atom is 0.338 e. The Morgan fingerprint density at radius 3 is 2.61 bits per heavy atom. The average Bonchev–Trinajstić information content (AvgIpc) is 2.74. The number of rotatable bonds is 7. The number of hydrogen-bond acceptors (Lipinski definition) is 4. The SMILES string of the molecule is CCOC(=O)C1=C(C[NH+]2CC[NH+](CCC#N)CC2)NC(=O)N[C@H]1c1cc(C)ccc1C. The molecule has 0 unspecified atom stereocenters. The van der Waals surface area contributed by atoms with Gasteiger partial charge in [0.15, 0.2) is 0 Å². The van der Waals surface area contributed by atoms with E-state index in [0.717, 1.165) is 49.4 Å². The van der Waals surface area contributed by atoms with Crippen LogP contribution in [0, 0.1) is 25.2 Å². The van der Waals surface area contributed by atoms with Crippen molar-refractivity contribution in [1.82, 2.24) is 10.6 Å². The van der Waals surface area contributed by atoms with E-state index in [0.29, 0.717) is 24.2 Å². The van der Waals surface area contributed by atoms with Crippen LogP contribution in [-0.4, -0.2) is 57.9 Å². The van der Waals surface area contributed by atoms with E-state index < -0.39 is 12.0 Å². The summed E-state index contributed by atoms with van der Waals surface area (Å²) >= 11 is 0. The van der Waals surface area contributed by atoms with Crippen molar-refractivity contribution in [2.75, 3.05) is 45.9 Å². The number of carbonyl (C=O) groups excluding carboxylic acids is 2. The second-order valence-corrected chi connectivity index (χ2v) is 8.34. The van der Waals surface area contributed by atoms with E-state index in [1.54, 1.807) is 6.92 Å². The van der Waals surface area contributed by atoms with Crippen LogP contribution in [0.15, 0.2) is 29.5 Å². The van der Waals surface area contributed by atoms with E-state index in [2.05, 4.69) is 16.7 Å². The molecule has 2 heterocycles. The van der Waals surface area contributed by atoms with Crippen LogP contribution in [0.4, 0.5) is 4.79 Å². The first-order valence-electron chi connectivity index (χ1n) is 11.0. The zero-order chi connectivity index (χ0) is 22.4. The Balaban J connectivity index is 1.88. The molecule has 2 aliphatic heterocycles. The number of quaternary nitrogens is 2. The standard InChI is InChI=1S/C23H31N5O3/c1-4-31-22(29)20-19(15-28-12-10-27(11-13-28)9-5-8-24)25-23(30)26-21(20)18-14-16(2)6-7-17(18)3/h6-7,14,21H,4-5,9-13,15H2,1-3H3,(H2,25,26,30)/p+2/t21-/m0/s1. The van der Waals surface area contributed by atoms with Crippen molar-refractivity contribution in [1.29, 1.82) is 5.26 Å². The Kier molecular flexibility index (Phi) is 7.66. The van der Waals surface area contributed by atoms with Crippen LogP contribution < -0.4 is 20.4 Å². The van der Waals surface area contributed by atoms with Gasteiger partial charge in [-0.05, 0) is 31.9 Å². The van der Waals surface area contributed by atoms with Crippen molar-refractivity contribution in [2.24, 2.45) is 0 Å². The lowest BCUT2D eigenvalue weighted by Gasteiger charge is -2.33. The smallest absolute Gasteiger partial charge is 0.338 e. The van der Waals surface area contributed by atoms with Crippen molar-refractivity contribution in [3.8, 4) is 6.07 Å². The predicted molar refractivity (Wildman–Crippen MR) is 115 cm³/mol. The fourth-order valence-electron chi connectivity index (χ4n) is 4.38. The zero-order valence-electron chi connectivity index (χ0n) is 18.6. The van der Waals surface area contributed by atoms with E-state index in [-0.39, 0.29) is 12.6 Å². The third-order valence-electron chi connectivity index (χ3n) is 6.08. The second kappa shape index (κ2) is 10.4. The summed E-state index contributed by atoms with van der Waals surface area (Å²) in [5.74, 6) is -0.395. The van der Waals surface area contributed by atoms with Gasteiger partial charge in [-0.2, -0.15) is 5.26 Å². The molecule has 0 saturated carbocycles. The van der Waals surface area contributed by atoms with E-state index in [1.807, 2.05) is 32.0 Å². The van der Waals surface area contributed by atoms with E-state index in [1.165, 1.54) is 9.80 Å². The number of urea groups is 1. The summed E-state index contributed by atoms with van der Waals surface area (Å²) in [6.45, 7) is 11.3. The summed E-state index contributed by atoms with van der Waals surface area (Å²) < 4.78 is 5.39. The lowest BCUT2D eigenvalue weighted by Crippen LogP contribution is -3.28. The minimum Gasteiger partial charge on any atom is -0.463 e. The highest BCUT2D eigenvalue weighted by atomic mass is 16.5. The van der Waals surface area contributed by atoms with Crippen molar-refractivity contribution in [2.45, 2.75) is 33.2 Å². The normalized spacial score (nSPS) is 23.5. The Hall–Kier alpha value is -2.89. The molecule has 8 nitrogen and oxygen atoms in total. The molecule has 0 bridgehead atoms. The number of carbonyl (C=O) groups is 2. The monoisotopic (exact) mass is 427 g/mol. The summed E-state index contributed by atoms with van der Waals surface area (Å²) in [7, 11) is 0. The van der Waals surface area contributed by atoms with Crippen molar-refractivity contribution >= 4 is 12.0 Å². The highest BCUT2D eigenvalue weighted by Crippen LogP contribution is 2.30. The predicted octanol–water partition coefficient (Wildman–Crippen LogP) is -0.828. The first kappa shape index (κ1) is 22.8. The van der Waals surface area contributed by atoms with Gasteiger partial charge in [0.05, 0.1) is 43.0 Å². The number of piperazine rings is 1. The average molecular weight is 428 g/mol. The first-order chi connectivity index (χ1) is 14.9. The molecule has 1 fully saturated rings. The number of esters is 1. The summed E-state index contributed by atoms with van der Waals surface area (Å²) in [5, 5.41) is 14.6. The van der Waals surface area contributed by atoms with Gasteiger partial charge in [-0.25, -0.2) is 9.59 Å². The second-order valence-electron chi connectivity index (χ2n) is 8.34. The molecule has 0 radical (unpaired) electrons. The van der Waals surface area contributed by atoms with Crippen LogP contribution in [0.2, 0.25) is 0 Å². The van der Waals surface area contributed by atoms with E-state index in [4.69, 9.17) is 10.00 Å². The van der Waals surface area contributed by atoms with Gasteiger partial charge in [0.1, 0.15) is 32.7 Å². The van der Waals surface area contributed by atoms with Crippen LogP contribution in [0.25, 0.3) is 0 Å². The van der Waals surface area contributed by atoms with Crippen LogP contribution in [0.3, 0.4) is 0 Å². The van der Waals surface area contributed by atoms with Gasteiger partial charge >= 0.3 is 12.0 Å². The van der Waals surface area contributed by atoms with Gasteiger partial charge in [-0.15, -0.1) is 0 Å². The molecule has 3 rings (SSSR count). The number of benzene rings is 1. The highest BCUT2D eigenvalue weighted by Gasteiger charge is 2.36. The maximum atomic E-state index is 13.0. The Bertz CT molecular complexity index is 897. The van der Waals surface area contributed by atoms with Crippen molar-refractivity contribution in [3.63, 3.8) is 0 Å². The van der Waals surface area contributed by atoms with Crippen molar-refractivity contribution in [3.05, 3.63) is 46.2 Å². The number of nitriles is 1. The third-order valence-corrected chi connectivity index (χ3v) is 6.08. The van der Waals surface area contributed by atoms with E-state index in [9.17, 15) is 9.59 Å². The third kappa shape index (κ3) is 5.63. The fourth-order valence-corrected chi connectivity index (χ4v) is 4.38. The van der Waals surface area contributed by atoms with Gasteiger partial charge in [-0.3, -0.25) is 0 Å². The molecule has 0 aromatic heterocycles. The van der Waals surface area contributed by atoms with Gasteiger partial charge in [0.25, 0.3) is 0 Å². The van der Waals surface area contributed by atoms with Gasteiger partial charge in [-0.1, -0.05) is 23.8 Å². The molecule has 0 spiro atoms. The van der Waals surface area contributed by atoms with Gasteiger partial charge in [0.2, 0.25) is 0 Å². The summed E-state index contributed by atoms with van der Waals surface area (Å²) in [5.41, 5.74) is 4.13. The zero-order valence-corrected chi connectivity index (χ0v) is 18.6. The van der Waals surface area contributed by atoms with E-state index >= 15 is 0 Å². The number of amides is 2. The topological polar surface area (TPSA) is 100 Å². The summed E-state index contributed by atoms with van der Waals surface area (Å²) in [6, 6.07) is 7.43. The Labute approximate surface area is 183 Å². The molecule has 2 aliphatic rings. The molecule has 166 valence electrons. The molecule has 2 amide bonds. The van der Waals surface area contributed by atoms with Crippen LogP contribution in [0.1, 0.15) is 36.1 Å². The van der Waals surface area contributed by atoms with Gasteiger partial charge in [0, 0.05) is 0 Å². The van der Waals surface area contributed by atoms with Gasteiger partial charge < -0.3 is 25.2 Å². The molecule has 1 atom stereocenters. The number of nitrogens with one attached hydrogen (secondary N) is 4. The summed E-state index contributed by atoms with van der Waals surface area (Å²) in [6.07, 6.45) is 0.572. The molecule has 1 saturated heterocycles. The van der Waals surface area contributed by atoms with Crippen LogP contribution in [-0.2, 0) is 9.53 Å². The molecular weight excluding hydrogens is 394 g/mol. The number of ether oxygens (including phenoxy) is 1. The number of hydrogen-bond donors (Lipinski definition) is 4. The fraction of sp³-hybridized carbons (Fsp3) is 0.522. The largest absolute Gasteiger partial charge is 0.463 e. The quantitative estimate of drug-likeness (QED) is 0.427. The highest BCUT2D eigenvalue weighted by molar-refractivity contribution is 5.95. The minimum atomic E-state index is -0.537. The Morgan fingerprint density at radius 2 is 1.94 bits per heavy atom. The molecule has 0 aliphatic carbocycles. The molecular formula is C23H33N5O3+2. The number of aryl methyl sites for hydroxylation is 2. The van der Waals surface area contributed by atoms with Crippen molar-refractivity contribution < 1.29 is 24.1 Å². The minimum absolute atomic E-state index is 0.275. The van der Waals surface area contributed by atoms with Crippen LogP contribution >= 0.6 is 0 Å². The Morgan fingerprint density at radius 1 is 1.23 bits per heavy atom. The number of nitrogens with zero attached hydrogens (tertiary/aromatic N) is 1. The molecule has 1 aromatic carbocycles. The lowest BCUT2D eigenvalue weighted by atomic mass is 9.91. The first-order valence-corrected chi connectivity index (χ1v) is 11.0. The molecule has 4 N–H and O–H groups in total.